The molecule has 0 saturated carbocycles. The molecular weight excluding hydrogens is 342 g/mol. The van der Waals surface area contributed by atoms with E-state index in [9.17, 15) is 4.79 Å². The van der Waals surface area contributed by atoms with Gasteiger partial charge in [-0.05, 0) is 24.1 Å². The Balaban J connectivity index is 1.59. The van der Waals surface area contributed by atoms with E-state index >= 15 is 0 Å². The van der Waals surface area contributed by atoms with Crippen LogP contribution in [0.2, 0.25) is 5.15 Å². The summed E-state index contributed by atoms with van der Waals surface area (Å²) in [6.45, 7) is 8.21. The standard InChI is InChI=1S/C17H24ClN5O2/c1-13-10-21(6-5-19-17(24)25-2)12-23-8-7-22(16(13)23)11-14-3-4-15(18)20-9-14/h3-4,9H,5-8,10-12H2,1-2H3,(H,19,24). The minimum atomic E-state index is -0.381. The highest BCUT2D eigenvalue weighted by molar-refractivity contribution is 6.29. The third-order valence-electron chi connectivity index (χ3n) is 4.50. The van der Waals surface area contributed by atoms with E-state index in [1.807, 2.05) is 18.3 Å². The first-order valence-electron chi connectivity index (χ1n) is 8.41. The predicted octanol–water partition coefficient (Wildman–Crippen LogP) is 1.71. The van der Waals surface area contributed by atoms with Crippen LogP contribution in [-0.4, -0.2) is 72.3 Å². The normalized spacial score (nSPS) is 17.7. The molecule has 7 nitrogen and oxygen atoms in total. The summed E-state index contributed by atoms with van der Waals surface area (Å²) in [5, 5.41) is 3.26. The molecule has 1 aromatic rings. The van der Waals surface area contributed by atoms with E-state index in [-0.39, 0.29) is 6.09 Å². The van der Waals surface area contributed by atoms with E-state index in [4.69, 9.17) is 11.6 Å². The van der Waals surface area contributed by atoms with Crippen molar-refractivity contribution in [2.45, 2.75) is 13.5 Å². The third kappa shape index (κ3) is 4.35. The molecular formula is C17H24ClN5O2. The van der Waals surface area contributed by atoms with Gasteiger partial charge in [0.15, 0.2) is 0 Å². The Hall–Kier alpha value is -1.99. The number of amides is 1. The number of hydrogen-bond acceptors (Lipinski definition) is 6. The van der Waals surface area contributed by atoms with Crippen molar-refractivity contribution >= 4 is 17.7 Å². The number of rotatable bonds is 5. The van der Waals surface area contributed by atoms with Crippen molar-refractivity contribution in [3.05, 3.63) is 40.4 Å². The van der Waals surface area contributed by atoms with E-state index < -0.39 is 0 Å². The molecule has 0 aliphatic carbocycles. The lowest BCUT2D eigenvalue weighted by Crippen LogP contribution is -2.45. The van der Waals surface area contributed by atoms with Crippen LogP contribution in [0.5, 0.6) is 0 Å². The molecule has 0 bridgehead atoms. The highest BCUT2D eigenvalue weighted by atomic mass is 35.5. The molecule has 1 saturated heterocycles. The first-order chi connectivity index (χ1) is 12.1. The van der Waals surface area contributed by atoms with E-state index in [1.54, 1.807) is 0 Å². The monoisotopic (exact) mass is 365 g/mol. The fraction of sp³-hybridized carbons (Fsp3) is 0.529. The maximum absolute atomic E-state index is 11.1. The SMILES string of the molecule is COC(=O)NCCN1CC(C)=C2N(Cc3ccc(Cl)nc3)CCN2C1. The Morgan fingerprint density at radius 1 is 1.40 bits per heavy atom. The number of aromatic nitrogens is 1. The quantitative estimate of drug-likeness (QED) is 0.802. The summed E-state index contributed by atoms with van der Waals surface area (Å²) in [5.74, 6) is 1.33. The Morgan fingerprint density at radius 2 is 2.24 bits per heavy atom. The van der Waals surface area contributed by atoms with Gasteiger partial charge in [-0.1, -0.05) is 17.7 Å². The van der Waals surface area contributed by atoms with E-state index in [2.05, 4.69) is 36.7 Å². The molecule has 2 aliphatic rings. The second-order valence-electron chi connectivity index (χ2n) is 6.39. The summed E-state index contributed by atoms with van der Waals surface area (Å²) in [4.78, 5) is 22.5. The van der Waals surface area contributed by atoms with Gasteiger partial charge in [0.05, 0.1) is 13.8 Å². The van der Waals surface area contributed by atoms with Gasteiger partial charge in [-0.25, -0.2) is 9.78 Å². The molecule has 1 N–H and O–H groups in total. The van der Waals surface area contributed by atoms with Gasteiger partial charge in [0, 0.05) is 45.5 Å². The molecule has 3 rings (SSSR count). The van der Waals surface area contributed by atoms with Gasteiger partial charge in [-0.15, -0.1) is 0 Å². The van der Waals surface area contributed by atoms with Crippen molar-refractivity contribution in [1.29, 1.82) is 0 Å². The lowest BCUT2D eigenvalue weighted by molar-refractivity contribution is 0.145. The van der Waals surface area contributed by atoms with Crippen LogP contribution in [0.4, 0.5) is 4.79 Å². The van der Waals surface area contributed by atoms with Gasteiger partial charge >= 0.3 is 6.09 Å². The number of fused-ring (bicyclic) bond motifs is 1. The van der Waals surface area contributed by atoms with Crippen LogP contribution < -0.4 is 5.32 Å². The molecule has 0 spiro atoms. The van der Waals surface area contributed by atoms with Crippen LogP contribution >= 0.6 is 11.6 Å². The molecule has 0 radical (unpaired) electrons. The van der Waals surface area contributed by atoms with Crippen molar-refractivity contribution in [3.8, 4) is 0 Å². The smallest absolute Gasteiger partial charge is 0.406 e. The zero-order chi connectivity index (χ0) is 17.8. The Morgan fingerprint density at radius 3 is 2.96 bits per heavy atom. The summed E-state index contributed by atoms with van der Waals surface area (Å²) >= 11 is 5.87. The van der Waals surface area contributed by atoms with Gasteiger partial charge in [0.2, 0.25) is 0 Å². The molecule has 1 amide bonds. The summed E-state index contributed by atoms with van der Waals surface area (Å²) < 4.78 is 4.60. The van der Waals surface area contributed by atoms with Crippen LogP contribution in [0.25, 0.3) is 0 Å². The van der Waals surface area contributed by atoms with E-state index in [0.29, 0.717) is 11.7 Å². The molecule has 0 atom stereocenters. The van der Waals surface area contributed by atoms with Crippen LogP contribution in [0.15, 0.2) is 29.7 Å². The number of halogens is 1. The van der Waals surface area contributed by atoms with Crippen molar-refractivity contribution in [1.82, 2.24) is 25.0 Å². The first kappa shape index (κ1) is 17.8. The summed E-state index contributed by atoms with van der Waals surface area (Å²) in [5.41, 5.74) is 2.51. The average molecular weight is 366 g/mol. The van der Waals surface area contributed by atoms with Crippen molar-refractivity contribution in [2.75, 3.05) is 46.5 Å². The maximum atomic E-state index is 11.1. The molecule has 1 aromatic heterocycles. The van der Waals surface area contributed by atoms with Crippen LogP contribution in [-0.2, 0) is 11.3 Å². The highest BCUT2D eigenvalue weighted by Crippen LogP contribution is 2.28. The summed E-state index contributed by atoms with van der Waals surface area (Å²) in [6.07, 6.45) is 1.46. The second kappa shape index (κ2) is 7.93. The predicted molar refractivity (Wildman–Crippen MR) is 95.9 cm³/mol. The first-order valence-corrected chi connectivity index (χ1v) is 8.79. The fourth-order valence-corrected chi connectivity index (χ4v) is 3.55. The molecule has 2 aliphatic heterocycles. The van der Waals surface area contributed by atoms with Gasteiger partial charge < -0.3 is 19.9 Å². The second-order valence-corrected chi connectivity index (χ2v) is 6.78. The van der Waals surface area contributed by atoms with Crippen molar-refractivity contribution in [2.24, 2.45) is 0 Å². The van der Waals surface area contributed by atoms with Gasteiger partial charge in [0.1, 0.15) is 11.0 Å². The van der Waals surface area contributed by atoms with Crippen molar-refractivity contribution in [3.63, 3.8) is 0 Å². The lowest BCUT2D eigenvalue weighted by atomic mass is 10.2. The third-order valence-corrected chi connectivity index (χ3v) is 4.72. The van der Waals surface area contributed by atoms with E-state index in [1.165, 1.54) is 18.5 Å². The molecule has 0 unspecified atom stereocenters. The molecule has 136 valence electrons. The number of hydrogen-bond donors (Lipinski definition) is 1. The van der Waals surface area contributed by atoms with Crippen LogP contribution in [0.3, 0.4) is 0 Å². The highest BCUT2D eigenvalue weighted by Gasteiger charge is 2.31. The van der Waals surface area contributed by atoms with Crippen molar-refractivity contribution < 1.29 is 9.53 Å². The number of nitrogens with one attached hydrogen (secondary N) is 1. The Bertz CT molecular complexity index is 649. The molecule has 8 heteroatoms. The zero-order valence-corrected chi connectivity index (χ0v) is 15.4. The molecule has 3 heterocycles. The Kier molecular flexibility index (Phi) is 5.65. The number of carbonyl (C=O) groups is 1. The number of alkyl carbamates (subject to hydrolysis) is 1. The van der Waals surface area contributed by atoms with E-state index in [0.717, 1.165) is 45.0 Å². The van der Waals surface area contributed by atoms with Gasteiger partial charge in [-0.2, -0.15) is 0 Å². The lowest BCUT2D eigenvalue weighted by Gasteiger charge is -2.37. The number of pyridine rings is 1. The van der Waals surface area contributed by atoms with Crippen LogP contribution in [0, 0.1) is 0 Å². The number of carbonyl (C=O) groups excluding carboxylic acids is 1. The summed E-state index contributed by atoms with van der Waals surface area (Å²) in [6, 6.07) is 3.87. The Labute approximate surface area is 153 Å². The fourth-order valence-electron chi connectivity index (χ4n) is 3.44. The van der Waals surface area contributed by atoms with Gasteiger partial charge in [-0.3, -0.25) is 4.90 Å². The number of methoxy groups -OCH3 is 1. The zero-order valence-electron chi connectivity index (χ0n) is 14.7. The van der Waals surface area contributed by atoms with Crippen LogP contribution in [0.1, 0.15) is 12.5 Å². The minimum absolute atomic E-state index is 0.381. The average Bonchev–Trinajstić information content (AvgIpc) is 3.00. The molecule has 25 heavy (non-hydrogen) atoms. The van der Waals surface area contributed by atoms with Gasteiger partial charge in [0.25, 0.3) is 0 Å². The molecule has 0 aromatic carbocycles. The number of nitrogens with zero attached hydrogens (tertiary/aromatic N) is 4. The minimum Gasteiger partial charge on any atom is -0.453 e. The summed E-state index contributed by atoms with van der Waals surface area (Å²) in [7, 11) is 1.38. The largest absolute Gasteiger partial charge is 0.453 e. The topological polar surface area (TPSA) is 60.9 Å². The number of ether oxygens (including phenoxy) is 1. The molecule has 1 fully saturated rings. The maximum Gasteiger partial charge on any atom is 0.406 e.